The lowest BCUT2D eigenvalue weighted by Crippen LogP contribution is -2.05. The molecule has 0 spiro atoms. The lowest BCUT2D eigenvalue weighted by Gasteiger charge is -2.18. The van der Waals surface area contributed by atoms with Crippen LogP contribution in [0, 0.1) is 22.7 Å². The second-order valence-corrected chi connectivity index (χ2v) is 17.1. The van der Waals surface area contributed by atoms with E-state index in [1.165, 1.54) is 43.1 Å². The first-order valence-electron chi connectivity index (χ1n) is 22.7. The van der Waals surface area contributed by atoms with Crippen LogP contribution in [0.2, 0.25) is 0 Å². The van der Waals surface area contributed by atoms with Crippen LogP contribution in [-0.4, -0.2) is 18.3 Å². The lowest BCUT2D eigenvalue weighted by atomic mass is 10.1. The highest BCUT2D eigenvalue weighted by molar-refractivity contribution is 6.13. The minimum Gasteiger partial charge on any atom is -0.307 e. The molecule has 6 nitrogen and oxygen atoms in total. The monoisotopic (exact) mass is 866 g/mol. The van der Waals surface area contributed by atoms with Crippen molar-refractivity contribution in [2.24, 2.45) is 0 Å². The Bertz CT molecular complexity index is 4100. The van der Waals surface area contributed by atoms with Crippen LogP contribution < -0.4 is 0 Å². The number of hydrogen-bond donors (Lipinski definition) is 0. The highest BCUT2D eigenvalue weighted by Gasteiger charge is 2.22. The summed E-state index contributed by atoms with van der Waals surface area (Å²) in [6.07, 6.45) is 0. The SMILES string of the molecule is N#Cc1ccc(-n2c3ccccc3c3ccccc32)c(-n2c3ccccc3c3ccccc32)c1.N#Cc1cccc(-n2c3ccccc3c3ccccc32)c1-n1c2ccccc2c2ccccc21. The molecule has 6 heteroatoms. The molecule has 0 aliphatic carbocycles. The maximum absolute atomic E-state index is 10.2. The third-order valence-electron chi connectivity index (χ3n) is 13.5. The molecule has 0 saturated carbocycles. The van der Waals surface area contributed by atoms with Gasteiger partial charge in [-0.3, -0.25) is 0 Å². The highest BCUT2D eigenvalue weighted by Crippen LogP contribution is 2.41. The number of para-hydroxylation sites is 9. The zero-order valence-corrected chi connectivity index (χ0v) is 36.6. The van der Waals surface area contributed by atoms with Crippen molar-refractivity contribution in [1.29, 1.82) is 10.5 Å². The van der Waals surface area contributed by atoms with Crippen molar-refractivity contribution in [2.75, 3.05) is 0 Å². The molecule has 0 aliphatic heterocycles. The maximum Gasteiger partial charge on any atom is 0.101 e. The molecule has 4 aromatic heterocycles. The fourth-order valence-corrected chi connectivity index (χ4v) is 10.7. The minimum atomic E-state index is 0.640. The van der Waals surface area contributed by atoms with Crippen molar-refractivity contribution in [3.05, 3.63) is 242 Å². The van der Waals surface area contributed by atoms with Gasteiger partial charge in [0, 0.05) is 43.1 Å². The zero-order chi connectivity index (χ0) is 45.3. The zero-order valence-electron chi connectivity index (χ0n) is 36.6. The third kappa shape index (κ3) is 5.75. The summed E-state index contributed by atoms with van der Waals surface area (Å²) in [5.41, 5.74) is 14.2. The Morgan fingerprint density at radius 1 is 0.250 bits per heavy atom. The van der Waals surface area contributed by atoms with Crippen LogP contribution in [-0.2, 0) is 0 Å². The van der Waals surface area contributed by atoms with E-state index in [2.05, 4.69) is 237 Å². The van der Waals surface area contributed by atoms with Gasteiger partial charge in [-0.2, -0.15) is 10.5 Å². The van der Waals surface area contributed by atoms with E-state index in [1.54, 1.807) is 0 Å². The van der Waals surface area contributed by atoms with E-state index in [9.17, 15) is 10.5 Å². The molecule has 0 atom stereocenters. The van der Waals surface area contributed by atoms with Gasteiger partial charge in [0.2, 0.25) is 0 Å². The smallest absolute Gasteiger partial charge is 0.101 e. The summed E-state index contributed by atoms with van der Waals surface area (Å²) in [4.78, 5) is 0. The van der Waals surface area contributed by atoms with Crippen molar-refractivity contribution in [2.45, 2.75) is 0 Å². The van der Waals surface area contributed by atoms with Gasteiger partial charge >= 0.3 is 0 Å². The van der Waals surface area contributed by atoms with Crippen molar-refractivity contribution in [1.82, 2.24) is 18.3 Å². The van der Waals surface area contributed by atoms with Gasteiger partial charge in [0.25, 0.3) is 0 Å². The molecule has 4 heterocycles. The summed E-state index contributed by atoms with van der Waals surface area (Å²) >= 11 is 0. The third-order valence-corrected chi connectivity index (χ3v) is 13.5. The Kier molecular flexibility index (Phi) is 8.86. The first kappa shape index (κ1) is 38.8. The fourth-order valence-electron chi connectivity index (χ4n) is 10.7. The summed E-state index contributed by atoms with van der Waals surface area (Å²) in [5, 5.41) is 29.6. The van der Waals surface area contributed by atoms with E-state index in [0.29, 0.717) is 11.1 Å². The number of aromatic nitrogens is 4. The predicted octanol–water partition coefficient (Wildman–Crippen LogP) is 15.5. The quantitative estimate of drug-likeness (QED) is 0.177. The van der Waals surface area contributed by atoms with Crippen LogP contribution in [0.4, 0.5) is 0 Å². The predicted molar refractivity (Wildman–Crippen MR) is 280 cm³/mol. The molecule has 14 aromatic rings. The summed E-state index contributed by atoms with van der Waals surface area (Å²) in [6, 6.07) is 84.7. The van der Waals surface area contributed by atoms with Gasteiger partial charge in [0.1, 0.15) is 6.07 Å². The van der Waals surface area contributed by atoms with Gasteiger partial charge in [-0.25, -0.2) is 0 Å². The average molecular weight is 867 g/mol. The second-order valence-electron chi connectivity index (χ2n) is 17.1. The topological polar surface area (TPSA) is 67.3 Å². The van der Waals surface area contributed by atoms with Gasteiger partial charge in [-0.1, -0.05) is 152 Å². The van der Waals surface area contributed by atoms with Crippen LogP contribution in [0.3, 0.4) is 0 Å². The largest absolute Gasteiger partial charge is 0.307 e. The Balaban J connectivity index is 0.000000134. The molecular formula is C62H38N6. The van der Waals surface area contributed by atoms with E-state index in [1.807, 2.05) is 24.3 Å². The van der Waals surface area contributed by atoms with Crippen molar-refractivity contribution < 1.29 is 0 Å². The number of rotatable bonds is 4. The van der Waals surface area contributed by atoms with E-state index in [-0.39, 0.29) is 0 Å². The first-order valence-corrected chi connectivity index (χ1v) is 22.7. The molecule has 14 rings (SSSR count). The molecule has 0 radical (unpaired) electrons. The number of fused-ring (bicyclic) bond motifs is 12. The molecule has 0 unspecified atom stereocenters. The van der Waals surface area contributed by atoms with E-state index >= 15 is 0 Å². The van der Waals surface area contributed by atoms with Crippen molar-refractivity contribution >= 4 is 87.2 Å². The molecule has 316 valence electrons. The van der Waals surface area contributed by atoms with E-state index in [4.69, 9.17) is 0 Å². The molecule has 68 heavy (non-hydrogen) atoms. The standard InChI is InChI=1S/2C31H19N3/c32-20-21-10-9-19-30(33-26-15-5-1-11-22(26)23-12-2-6-16-27(23)33)31(21)34-28-17-7-3-13-24(28)25-14-4-8-18-29(25)34;32-20-21-17-18-30(33-26-13-5-1-9-22(26)23-10-2-6-14-27(23)33)31(19-21)34-28-15-7-3-11-24(28)25-12-4-8-16-29(25)34/h2*1-19H. The minimum absolute atomic E-state index is 0.640. The summed E-state index contributed by atoms with van der Waals surface area (Å²) in [7, 11) is 0. The highest BCUT2D eigenvalue weighted by atomic mass is 15.1. The molecule has 0 bridgehead atoms. The van der Waals surface area contributed by atoms with Crippen LogP contribution in [0.1, 0.15) is 11.1 Å². The molecule has 0 saturated heterocycles. The van der Waals surface area contributed by atoms with Gasteiger partial charge in [-0.05, 0) is 78.9 Å². The van der Waals surface area contributed by atoms with Crippen LogP contribution in [0.15, 0.2) is 231 Å². The first-order chi connectivity index (χ1) is 33.7. The summed E-state index contributed by atoms with van der Waals surface area (Å²) < 4.78 is 9.17. The Morgan fingerprint density at radius 2 is 0.559 bits per heavy atom. The number of nitriles is 2. The summed E-state index contributed by atoms with van der Waals surface area (Å²) in [6.45, 7) is 0. The molecule has 0 fully saturated rings. The van der Waals surface area contributed by atoms with Crippen molar-refractivity contribution in [3.8, 4) is 34.9 Å². The lowest BCUT2D eigenvalue weighted by molar-refractivity contribution is 1.09. The Morgan fingerprint density at radius 3 is 0.897 bits per heavy atom. The molecular weight excluding hydrogens is 829 g/mol. The normalized spacial score (nSPS) is 11.5. The Hall–Kier alpha value is -9.62. The number of benzene rings is 10. The number of nitrogens with zero attached hydrogens (tertiary/aromatic N) is 6. The molecule has 0 N–H and O–H groups in total. The Labute approximate surface area is 390 Å². The fraction of sp³-hybridized carbons (Fsp3) is 0. The van der Waals surface area contributed by atoms with Gasteiger partial charge in [0.05, 0.1) is 84.1 Å². The van der Waals surface area contributed by atoms with Crippen molar-refractivity contribution in [3.63, 3.8) is 0 Å². The molecule has 10 aromatic carbocycles. The molecule has 0 amide bonds. The van der Waals surface area contributed by atoms with Gasteiger partial charge < -0.3 is 18.3 Å². The van der Waals surface area contributed by atoms with Crippen LogP contribution in [0.25, 0.3) is 110 Å². The van der Waals surface area contributed by atoms with E-state index in [0.717, 1.165) is 66.9 Å². The van der Waals surface area contributed by atoms with Gasteiger partial charge in [-0.15, -0.1) is 0 Å². The van der Waals surface area contributed by atoms with E-state index < -0.39 is 0 Å². The second kappa shape index (κ2) is 15.5. The maximum atomic E-state index is 10.2. The van der Waals surface area contributed by atoms with Gasteiger partial charge in [0.15, 0.2) is 0 Å². The molecule has 0 aliphatic rings. The average Bonchev–Trinajstić information content (AvgIpc) is 4.14. The van der Waals surface area contributed by atoms with Crippen LogP contribution >= 0.6 is 0 Å². The number of hydrogen-bond acceptors (Lipinski definition) is 2. The van der Waals surface area contributed by atoms with Crippen LogP contribution in [0.5, 0.6) is 0 Å². The summed E-state index contributed by atoms with van der Waals surface area (Å²) in [5.74, 6) is 0.